The summed E-state index contributed by atoms with van der Waals surface area (Å²) in [6, 6.07) is 5.69. The molecule has 0 radical (unpaired) electrons. The van der Waals surface area contributed by atoms with Gasteiger partial charge in [0, 0.05) is 6.54 Å². The number of hydrogen-bond donors (Lipinski definition) is 2. The summed E-state index contributed by atoms with van der Waals surface area (Å²) in [5.74, 6) is -1.36. The number of benzene rings is 1. The fraction of sp³-hybridized carbons (Fsp3) is 0.273. The fourth-order valence-electron chi connectivity index (χ4n) is 1.27. The molecule has 0 fully saturated rings. The van der Waals surface area contributed by atoms with Crippen molar-refractivity contribution >= 4 is 33.0 Å². The number of hydrogen-bond acceptors (Lipinski definition) is 5. The lowest BCUT2D eigenvalue weighted by Crippen LogP contribution is -2.30. The lowest BCUT2D eigenvalue weighted by atomic mass is 10.3. The van der Waals surface area contributed by atoms with Gasteiger partial charge in [0.25, 0.3) is 0 Å². The first-order valence-electron chi connectivity index (χ1n) is 5.28. The quantitative estimate of drug-likeness (QED) is 0.614. The Hall–Kier alpha value is -1.78. The van der Waals surface area contributed by atoms with Gasteiger partial charge in [-0.25, -0.2) is 8.42 Å². The van der Waals surface area contributed by atoms with Crippen molar-refractivity contribution in [2.24, 2.45) is 0 Å². The summed E-state index contributed by atoms with van der Waals surface area (Å²) in [5, 5.41) is 10.8. The highest BCUT2D eigenvalue weighted by Crippen LogP contribution is 2.23. The molecular formula is C11H12ClN3O3S. The average Bonchev–Trinajstić information content (AvgIpc) is 2.32. The summed E-state index contributed by atoms with van der Waals surface area (Å²) in [7, 11) is -3.77. The van der Waals surface area contributed by atoms with Crippen LogP contribution in [0.4, 0.5) is 5.69 Å². The Kier molecular flexibility index (Phi) is 5.15. The van der Waals surface area contributed by atoms with Crippen LogP contribution < -0.4 is 11.1 Å². The molecule has 102 valence electrons. The Morgan fingerprint density at radius 2 is 2.16 bits per heavy atom. The molecule has 0 aliphatic carbocycles. The van der Waals surface area contributed by atoms with Crippen molar-refractivity contribution in [1.82, 2.24) is 5.32 Å². The first-order valence-corrected chi connectivity index (χ1v) is 7.31. The predicted molar refractivity (Wildman–Crippen MR) is 71.2 cm³/mol. The number of nitrogens with two attached hydrogens (primary N) is 1. The highest BCUT2D eigenvalue weighted by molar-refractivity contribution is 7.92. The molecule has 0 atom stereocenters. The van der Waals surface area contributed by atoms with Crippen molar-refractivity contribution in [3.8, 4) is 6.07 Å². The van der Waals surface area contributed by atoms with Crippen molar-refractivity contribution in [1.29, 1.82) is 5.26 Å². The number of carbonyl (C=O) groups excluding carboxylic acids is 1. The summed E-state index contributed by atoms with van der Waals surface area (Å²) >= 11 is 5.73. The third kappa shape index (κ3) is 4.43. The van der Waals surface area contributed by atoms with E-state index in [0.29, 0.717) is 0 Å². The molecule has 0 saturated heterocycles. The Bertz CT molecular complexity index is 623. The number of sulfone groups is 1. The Morgan fingerprint density at radius 3 is 2.74 bits per heavy atom. The SMILES string of the molecule is N#CCCNC(=O)CS(=O)(=O)c1ccc(N)c(Cl)c1. The van der Waals surface area contributed by atoms with Crippen LogP contribution in [0.3, 0.4) is 0 Å². The molecule has 0 unspecified atom stereocenters. The zero-order chi connectivity index (χ0) is 14.5. The smallest absolute Gasteiger partial charge is 0.235 e. The van der Waals surface area contributed by atoms with E-state index in [9.17, 15) is 13.2 Å². The van der Waals surface area contributed by atoms with Crippen LogP contribution in [0, 0.1) is 11.3 Å². The van der Waals surface area contributed by atoms with E-state index in [1.165, 1.54) is 18.2 Å². The molecule has 1 aromatic rings. The minimum atomic E-state index is -3.77. The van der Waals surface area contributed by atoms with E-state index >= 15 is 0 Å². The van der Waals surface area contributed by atoms with E-state index in [0.717, 1.165) is 0 Å². The van der Waals surface area contributed by atoms with Gasteiger partial charge in [0.05, 0.1) is 28.1 Å². The molecule has 3 N–H and O–H groups in total. The lowest BCUT2D eigenvalue weighted by Gasteiger charge is -2.06. The van der Waals surface area contributed by atoms with Crippen LogP contribution in [0.25, 0.3) is 0 Å². The van der Waals surface area contributed by atoms with Crippen LogP contribution in [0.1, 0.15) is 6.42 Å². The van der Waals surface area contributed by atoms with Gasteiger partial charge in [0.15, 0.2) is 9.84 Å². The van der Waals surface area contributed by atoms with Crippen LogP contribution in [0.2, 0.25) is 5.02 Å². The standard InChI is InChI=1S/C11H12ClN3O3S/c12-9-6-8(2-3-10(9)14)19(17,18)7-11(16)15-5-1-4-13/h2-3,6H,1,5,7,14H2,(H,15,16). The minimum absolute atomic E-state index is 0.0675. The molecule has 1 rings (SSSR count). The molecule has 0 spiro atoms. The normalized spacial score (nSPS) is 10.7. The molecule has 6 nitrogen and oxygen atoms in total. The monoisotopic (exact) mass is 301 g/mol. The second-order valence-electron chi connectivity index (χ2n) is 3.70. The van der Waals surface area contributed by atoms with E-state index in [1.807, 2.05) is 6.07 Å². The number of halogens is 1. The summed E-state index contributed by atoms with van der Waals surface area (Å²) in [6.07, 6.45) is 0.124. The van der Waals surface area contributed by atoms with Gasteiger partial charge < -0.3 is 11.1 Å². The average molecular weight is 302 g/mol. The van der Waals surface area contributed by atoms with Crippen molar-refractivity contribution in [2.45, 2.75) is 11.3 Å². The van der Waals surface area contributed by atoms with E-state index in [1.54, 1.807) is 0 Å². The number of anilines is 1. The van der Waals surface area contributed by atoms with Crippen LogP contribution in [-0.4, -0.2) is 26.6 Å². The first kappa shape index (κ1) is 15.3. The Morgan fingerprint density at radius 1 is 1.47 bits per heavy atom. The van der Waals surface area contributed by atoms with Gasteiger partial charge in [-0.2, -0.15) is 5.26 Å². The van der Waals surface area contributed by atoms with Gasteiger partial charge in [0.2, 0.25) is 5.91 Å². The Labute approximate surface area is 116 Å². The topological polar surface area (TPSA) is 113 Å². The van der Waals surface area contributed by atoms with Crippen LogP contribution in [0.15, 0.2) is 23.1 Å². The molecule has 19 heavy (non-hydrogen) atoms. The van der Waals surface area contributed by atoms with Crippen LogP contribution >= 0.6 is 11.6 Å². The maximum atomic E-state index is 11.9. The fourth-order valence-corrected chi connectivity index (χ4v) is 2.70. The number of nitrogen functional groups attached to an aromatic ring is 1. The number of rotatable bonds is 5. The van der Waals surface area contributed by atoms with E-state index in [2.05, 4.69) is 5.32 Å². The maximum absolute atomic E-state index is 11.9. The van der Waals surface area contributed by atoms with Crippen molar-refractivity contribution < 1.29 is 13.2 Å². The van der Waals surface area contributed by atoms with Gasteiger partial charge in [0.1, 0.15) is 5.75 Å². The van der Waals surface area contributed by atoms with Crippen LogP contribution in [0.5, 0.6) is 0 Å². The maximum Gasteiger partial charge on any atom is 0.235 e. The predicted octanol–water partition coefficient (Wildman–Crippen LogP) is 0.726. The highest BCUT2D eigenvalue weighted by Gasteiger charge is 2.19. The van der Waals surface area contributed by atoms with Gasteiger partial charge in [-0.3, -0.25) is 4.79 Å². The van der Waals surface area contributed by atoms with Crippen molar-refractivity contribution in [2.75, 3.05) is 18.0 Å². The van der Waals surface area contributed by atoms with Crippen LogP contribution in [-0.2, 0) is 14.6 Å². The second kappa shape index (κ2) is 6.41. The van der Waals surface area contributed by atoms with E-state index < -0.39 is 21.5 Å². The lowest BCUT2D eigenvalue weighted by molar-refractivity contribution is -0.118. The molecule has 0 heterocycles. The summed E-state index contributed by atoms with van der Waals surface area (Å²) in [6.45, 7) is 0.118. The second-order valence-corrected chi connectivity index (χ2v) is 6.10. The summed E-state index contributed by atoms with van der Waals surface area (Å²) in [4.78, 5) is 11.3. The summed E-state index contributed by atoms with van der Waals surface area (Å²) < 4.78 is 23.8. The van der Waals surface area contributed by atoms with Gasteiger partial charge in [-0.1, -0.05) is 11.6 Å². The molecule has 0 aromatic heterocycles. The van der Waals surface area contributed by atoms with Crippen molar-refractivity contribution in [3.05, 3.63) is 23.2 Å². The molecule has 0 bridgehead atoms. The molecule has 1 aromatic carbocycles. The number of nitriles is 1. The minimum Gasteiger partial charge on any atom is -0.398 e. The summed E-state index contributed by atoms with van der Waals surface area (Å²) in [5.41, 5.74) is 5.74. The molecule has 0 saturated carbocycles. The zero-order valence-electron chi connectivity index (χ0n) is 9.89. The van der Waals surface area contributed by atoms with E-state index in [4.69, 9.17) is 22.6 Å². The number of carbonyl (C=O) groups is 1. The number of nitrogens with one attached hydrogen (secondary N) is 1. The third-order valence-corrected chi connectivity index (χ3v) is 4.15. The first-order chi connectivity index (χ1) is 8.86. The van der Waals surface area contributed by atoms with Crippen molar-refractivity contribution in [3.63, 3.8) is 0 Å². The Balaban J connectivity index is 2.78. The van der Waals surface area contributed by atoms with E-state index in [-0.39, 0.29) is 28.6 Å². The number of nitrogens with zero attached hydrogens (tertiary/aromatic N) is 1. The van der Waals surface area contributed by atoms with Gasteiger partial charge >= 0.3 is 0 Å². The molecule has 0 aliphatic heterocycles. The van der Waals surface area contributed by atoms with Gasteiger partial charge in [-0.05, 0) is 18.2 Å². The molecule has 1 amide bonds. The number of amides is 1. The highest BCUT2D eigenvalue weighted by atomic mass is 35.5. The molecular weight excluding hydrogens is 290 g/mol. The van der Waals surface area contributed by atoms with Gasteiger partial charge in [-0.15, -0.1) is 0 Å². The zero-order valence-corrected chi connectivity index (χ0v) is 11.5. The molecule has 0 aliphatic rings. The molecule has 8 heteroatoms. The third-order valence-electron chi connectivity index (χ3n) is 2.21. The largest absolute Gasteiger partial charge is 0.398 e.